The Hall–Kier alpha value is -2.99. The summed E-state index contributed by atoms with van der Waals surface area (Å²) < 4.78 is 5.40. The zero-order chi connectivity index (χ0) is 21.1. The monoisotopic (exact) mass is 420 g/mol. The molecule has 6 heteroatoms. The van der Waals surface area contributed by atoms with Crippen molar-refractivity contribution in [1.82, 2.24) is 4.90 Å². The van der Waals surface area contributed by atoms with Gasteiger partial charge in [0.2, 0.25) is 5.91 Å². The van der Waals surface area contributed by atoms with E-state index in [1.54, 1.807) is 18.0 Å². The standard InChI is InChI=1S/C24H24N2O3S/c1-16(2)17-9-11-20(12-10-17)25-23(28)18-5-7-19(8-6-18)24-26(22(27)15-30-24)14-21-4-3-13-29-21/h3-13,16,24H,14-15H2,1-2H3,(H,25,28)/t24-/m0/s1. The molecule has 30 heavy (non-hydrogen) atoms. The van der Waals surface area contributed by atoms with Crippen LogP contribution in [0.3, 0.4) is 0 Å². The minimum Gasteiger partial charge on any atom is -0.467 e. The number of carbonyl (C=O) groups is 2. The van der Waals surface area contributed by atoms with Crippen LogP contribution < -0.4 is 5.32 Å². The number of hydrogen-bond donors (Lipinski definition) is 1. The summed E-state index contributed by atoms with van der Waals surface area (Å²) in [5, 5.41) is 2.86. The topological polar surface area (TPSA) is 62.6 Å². The lowest BCUT2D eigenvalue weighted by atomic mass is 10.0. The van der Waals surface area contributed by atoms with E-state index in [1.807, 2.05) is 65.6 Å². The fourth-order valence-electron chi connectivity index (χ4n) is 3.43. The van der Waals surface area contributed by atoms with Crippen molar-refractivity contribution in [2.24, 2.45) is 0 Å². The van der Waals surface area contributed by atoms with Crippen molar-refractivity contribution in [3.63, 3.8) is 0 Å². The number of hydrogen-bond acceptors (Lipinski definition) is 4. The molecule has 154 valence electrons. The lowest BCUT2D eigenvalue weighted by Gasteiger charge is -2.23. The molecular formula is C24H24N2O3S. The third-order valence-corrected chi connectivity index (χ3v) is 6.42. The lowest BCUT2D eigenvalue weighted by molar-refractivity contribution is -0.128. The van der Waals surface area contributed by atoms with E-state index in [-0.39, 0.29) is 17.2 Å². The second-order valence-electron chi connectivity index (χ2n) is 7.62. The van der Waals surface area contributed by atoms with E-state index in [2.05, 4.69) is 19.2 Å². The maximum atomic E-state index is 12.6. The number of amides is 2. The summed E-state index contributed by atoms with van der Waals surface area (Å²) in [7, 11) is 0. The number of thioether (sulfide) groups is 1. The summed E-state index contributed by atoms with van der Waals surface area (Å²) in [6, 6.07) is 19.1. The van der Waals surface area contributed by atoms with Crippen molar-refractivity contribution in [3.05, 3.63) is 89.4 Å². The SMILES string of the molecule is CC(C)c1ccc(NC(=O)c2ccc([C@@H]3SCC(=O)N3Cc3ccco3)cc2)cc1. The Labute approximate surface area is 180 Å². The van der Waals surface area contributed by atoms with Crippen molar-refractivity contribution in [2.75, 3.05) is 11.1 Å². The van der Waals surface area contributed by atoms with Crippen LogP contribution in [0.5, 0.6) is 0 Å². The maximum Gasteiger partial charge on any atom is 0.255 e. The number of nitrogens with zero attached hydrogens (tertiary/aromatic N) is 1. The van der Waals surface area contributed by atoms with E-state index < -0.39 is 0 Å². The molecule has 0 spiro atoms. The summed E-state index contributed by atoms with van der Waals surface area (Å²) >= 11 is 1.59. The van der Waals surface area contributed by atoms with Crippen LogP contribution in [0.2, 0.25) is 0 Å². The highest BCUT2D eigenvalue weighted by Gasteiger charge is 2.33. The largest absolute Gasteiger partial charge is 0.467 e. The summed E-state index contributed by atoms with van der Waals surface area (Å²) in [6.45, 7) is 4.72. The van der Waals surface area contributed by atoms with Gasteiger partial charge in [-0.05, 0) is 53.4 Å². The van der Waals surface area contributed by atoms with E-state index in [0.29, 0.717) is 23.8 Å². The number of anilines is 1. The lowest BCUT2D eigenvalue weighted by Crippen LogP contribution is -2.27. The van der Waals surface area contributed by atoms with Crippen molar-refractivity contribution in [2.45, 2.75) is 31.7 Å². The predicted molar refractivity (Wildman–Crippen MR) is 119 cm³/mol. The fourth-order valence-corrected chi connectivity index (χ4v) is 4.61. The van der Waals surface area contributed by atoms with Crippen molar-refractivity contribution in [3.8, 4) is 0 Å². The molecule has 0 bridgehead atoms. The van der Waals surface area contributed by atoms with E-state index in [9.17, 15) is 9.59 Å². The Morgan fingerprint density at radius 1 is 1.13 bits per heavy atom. The van der Waals surface area contributed by atoms with Crippen LogP contribution in [0.15, 0.2) is 71.3 Å². The van der Waals surface area contributed by atoms with Gasteiger partial charge in [0.15, 0.2) is 0 Å². The smallest absolute Gasteiger partial charge is 0.255 e. The second kappa shape index (κ2) is 8.79. The predicted octanol–water partition coefficient (Wildman–Crippen LogP) is 5.43. The van der Waals surface area contributed by atoms with Gasteiger partial charge in [-0.3, -0.25) is 9.59 Å². The molecule has 1 N–H and O–H groups in total. The summed E-state index contributed by atoms with van der Waals surface area (Å²) in [6.07, 6.45) is 1.61. The highest BCUT2D eigenvalue weighted by Crippen LogP contribution is 2.39. The van der Waals surface area contributed by atoms with Crippen LogP contribution >= 0.6 is 11.8 Å². The Bertz CT molecular complexity index is 1010. The molecule has 3 aromatic rings. The second-order valence-corrected chi connectivity index (χ2v) is 8.69. The number of rotatable bonds is 6. The molecule has 1 aliphatic rings. The van der Waals surface area contributed by atoms with Crippen molar-refractivity contribution >= 4 is 29.3 Å². The molecule has 2 amide bonds. The van der Waals surface area contributed by atoms with E-state index in [0.717, 1.165) is 17.0 Å². The molecule has 2 aromatic carbocycles. The minimum atomic E-state index is -0.151. The van der Waals surface area contributed by atoms with Crippen LogP contribution in [0.1, 0.15) is 52.4 Å². The first-order chi connectivity index (χ1) is 14.5. The maximum absolute atomic E-state index is 12.6. The summed E-state index contributed by atoms with van der Waals surface area (Å²) in [4.78, 5) is 26.7. The van der Waals surface area contributed by atoms with E-state index in [1.165, 1.54) is 5.56 Å². The van der Waals surface area contributed by atoms with Gasteiger partial charge in [-0.1, -0.05) is 38.1 Å². The van der Waals surface area contributed by atoms with Crippen molar-refractivity contribution in [1.29, 1.82) is 0 Å². The van der Waals surface area contributed by atoms with Gasteiger partial charge in [0.1, 0.15) is 11.1 Å². The quantitative estimate of drug-likeness (QED) is 0.578. The summed E-state index contributed by atoms with van der Waals surface area (Å²) in [5.41, 5.74) is 3.59. The molecule has 0 aliphatic carbocycles. The molecule has 1 saturated heterocycles. The van der Waals surface area contributed by atoms with Gasteiger partial charge in [0.05, 0.1) is 18.6 Å². The zero-order valence-electron chi connectivity index (χ0n) is 17.0. The first kappa shape index (κ1) is 20.3. The van der Waals surface area contributed by atoms with Gasteiger partial charge in [0.25, 0.3) is 5.91 Å². The van der Waals surface area contributed by atoms with Gasteiger partial charge in [-0.25, -0.2) is 0 Å². The number of nitrogens with one attached hydrogen (secondary N) is 1. The molecular weight excluding hydrogens is 396 g/mol. The van der Waals surface area contributed by atoms with Gasteiger partial charge >= 0.3 is 0 Å². The third-order valence-electron chi connectivity index (χ3n) is 5.17. The number of benzene rings is 2. The normalized spacial score (nSPS) is 16.3. The third kappa shape index (κ3) is 4.44. The van der Waals surface area contributed by atoms with Gasteiger partial charge in [0, 0.05) is 11.3 Å². The molecule has 4 rings (SSSR count). The van der Waals surface area contributed by atoms with Gasteiger partial charge < -0.3 is 14.6 Å². The zero-order valence-corrected chi connectivity index (χ0v) is 17.8. The molecule has 2 heterocycles. The average molecular weight is 421 g/mol. The Morgan fingerprint density at radius 2 is 1.87 bits per heavy atom. The molecule has 1 aromatic heterocycles. The van der Waals surface area contributed by atoms with Gasteiger partial charge in [-0.2, -0.15) is 0 Å². The molecule has 0 saturated carbocycles. The fraction of sp³-hybridized carbons (Fsp3) is 0.250. The summed E-state index contributed by atoms with van der Waals surface area (Å²) in [5.74, 6) is 1.60. The highest BCUT2D eigenvalue weighted by atomic mass is 32.2. The molecule has 1 atom stereocenters. The average Bonchev–Trinajstić information content (AvgIpc) is 3.39. The molecule has 1 fully saturated rings. The molecule has 0 unspecified atom stereocenters. The molecule has 1 aliphatic heterocycles. The first-order valence-electron chi connectivity index (χ1n) is 9.96. The van der Waals surface area contributed by atoms with Crippen LogP contribution in [0.4, 0.5) is 5.69 Å². The van der Waals surface area contributed by atoms with Crippen LogP contribution in [-0.4, -0.2) is 22.5 Å². The number of carbonyl (C=O) groups excluding carboxylic acids is 2. The van der Waals surface area contributed by atoms with Crippen molar-refractivity contribution < 1.29 is 14.0 Å². The Balaban J connectivity index is 1.44. The molecule has 0 radical (unpaired) electrons. The van der Waals surface area contributed by atoms with Gasteiger partial charge in [-0.15, -0.1) is 11.8 Å². The van der Waals surface area contributed by atoms with Crippen LogP contribution in [-0.2, 0) is 11.3 Å². The Kier molecular flexibility index (Phi) is 5.95. The van der Waals surface area contributed by atoms with E-state index >= 15 is 0 Å². The minimum absolute atomic E-state index is 0.0803. The Morgan fingerprint density at radius 3 is 2.50 bits per heavy atom. The number of furan rings is 1. The molecule has 5 nitrogen and oxygen atoms in total. The highest BCUT2D eigenvalue weighted by molar-refractivity contribution is 8.00. The van der Waals surface area contributed by atoms with E-state index in [4.69, 9.17) is 4.42 Å². The van der Waals surface area contributed by atoms with Crippen LogP contribution in [0.25, 0.3) is 0 Å². The first-order valence-corrected chi connectivity index (χ1v) is 11.0. The van der Waals surface area contributed by atoms with Crippen LogP contribution in [0, 0.1) is 0 Å².